The SMILES string of the molecule is CCOC(=O)C(Cc1ccc(Oc2nccc3cc(OC)c(OC)cc23)cc1)NC(=O)c1ccc(OC)c(OC2CCCC2)c1. The molecule has 4 aromatic rings. The largest absolute Gasteiger partial charge is 0.493 e. The third-order valence-corrected chi connectivity index (χ3v) is 7.71. The Balaban J connectivity index is 1.30. The van der Waals surface area contributed by atoms with Crippen molar-refractivity contribution in [2.45, 2.75) is 51.2 Å². The fraction of sp³-hybridized carbons (Fsp3) is 0.343. The molecule has 0 radical (unpaired) electrons. The highest BCUT2D eigenvalue weighted by molar-refractivity contribution is 5.97. The van der Waals surface area contributed by atoms with Gasteiger partial charge in [0.05, 0.1) is 34.0 Å². The van der Waals surface area contributed by atoms with E-state index in [0.717, 1.165) is 42.0 Å². The summed E-state index contributed by atoms with van der Waals surface area (Å²) < 4.78 is 33.9. The maximum atomic E-state index is 13.3. The summed E-state index contributed by atoms with van der Waals surface area (Å²) in [5, 5.41) is 4.50. The number of nitrogens with one attached hydrogen (secondary N) is 1. The molecule has 1 amide bonds. The molecular weight excluding hydrogens is 576 g/mol. The van der Waals surface area contributed by atoms with Crippen LogP contribution in [0.5, 0.6) is 34.6 Å². The Labute approximate surface area is 262 Å². The summed E-state index contributed by atoms with van der Waals surface area (Å²) in [6, 6.07) is 16.9. The van der Waals surface area contributed by atoms with Crippen LogP contribution in [0.1, 0.15) is 48.5 Å². The van der Waals surface area contributed by atoms with Crippen molar-refractivity contribution in [1.29, 1.82) is 0 Å². The Hall–Kier alpha value is -4.99. The summed E-state index contributed by atoms with van der Waals surface area (Å²) in [4.78, 5) is 30.7. The highest BCUT2D eigenvalue weighted by Gasteiger charge is 2.25. The summed E-state index contributed by atoms with van der Waals surface area (Å²) >= 11 is 0. The van der Waals surface area contributed by atoms with E-state index in [-0.39, 0.29) is 19.1 Å². The van der Waals surface area contributed by atoms with Crippen LogP contribution < -0.4 is 29.0 Å². The molecule has 0 bridgehead atoms. The maximum Gasteiger partial charge on any atom is 0.328 e. The third-order valence-electron chi connectivity index (χ3n) is 7.71. The van der Waals surface area contributed by atoms with Crippen molar-refractivity contribution in [2.24, 2.45) is 0 Å². The zero-order chi connectivity index (χ0) is 31.8. The molecule has 1 aliphatic rings. The Morgan fingerprint density at radius 3 is 2.27 bits per heavy atom. The molecule has 0 saturated heterocycles. The van der Waals surface area contributed by atoms with E-state index in [1.54, 1.807) is 64.8 Å². The lowest BCUT2D eigenvalue weighted by atomic mass is 10.0. The number of benzene rings is 3. The van der Waals surface area contributed by atoms with Crippen LogP contribution in [0.4, 0.5) is 0 Å². The summed E-state index contributed by atoms with van der Waals surface area (Å²) in [6.07, 6.45) is 6.15. The van der Waals surface area contributed by atoms with Crippen LogP contribution in [0.3, 0.4) is 0 Å². The van der Waals surface area contributed by atoms with Crippen molar-refractivity contribution in [3.63, 3.8) is 0 Å². The van der Waals surface area contributed by atoms with E-state index >= 15 is 0 Å². The van der Waals surface area contributed by atoms with Gasteiger partial charge in [0, 0.05) is 23.6 Å². The summed E-state index contributed by atoms with van der Waals surface area (Å²) in [5.41, 5.74) is 1.16. The normalized spacial score (nSPS) is 13.6. The minimum Gasteiger partial charge on any atom is -0.493 e. The third kappa shape index (κ3) is 7.57. The minimum absolute atomic E-state index is 0.0965. The highest BCUT2D eigenvalue weighted by Crippen LogP contribution is 2.37. The summed E-state index contributed by atoms with van der Waals surface area (Å²) in [5.74, 6) is 2.27. The number of hydrogen-bond donors (Lipinski definition) is 1. The molecule has 5 rings (SSSR count). The van der Waals surface area contributed by atoms with Crippen LogP contribution in [0, 0.1) is 0 Å². The molecule has 1 atom stereocenters. The molecule has 1 unspecified atom stereocenters. The van der Waals surface area contributed by atoms with Crippen LogP contribution in [-0.4, -0.2) is 56.9 Å². The van der Waals surface area contributed by atoms with E-state index in [4.69, 9.17) is 28.4 Å². The van der Waals surface area contributed by atoms with Gasteiger partial charge in [0.15, 0.2) is 23.0 Å². The smallest absolute Gasteiger partial charge is 0.328 e. The number of pyridine rings is 1. The number of fused-ring (bicyclic) bond motifs is 1. The van der Waals surface area contributed by atoms with Crippen LogP contribution in [0.25, 0.3) is 10.8 Å². The fourth-order valence-electron chi connectivity index (χ4n) is 5.37. The standard InChI is InChI=1S/C35H38N2O8/c1-5-43-35(39)28(37-33(38)24-12-15-29(40-2)32(20-24)44-25-8-6-7-9-25)18-22-10-13-26(14-11-22)45-34-27-21-31(42-4)30(41-3)19-23(27)16-17-36-34/h10-17,19-21,25,28H,5-9,18H2,1-4H3,(H,37,38). The van der Waals surface area contributed by atoms with Crippen molar-refractivity contribution < 1.29 is 38.0 Å². The minimum atomic E-state index is -0.910. The summed E-state index contributed by atoms with van der Waals surface area (Å²) in [7, 11) is 4.73. The zero-order valence-electron chi connectivity index (χ0n) is 26.0. The van der Waals surface area contributed by atoms with E-state index in [0.29, 0.717) is 40.2 Å². The quantitative estimate of drug-likeness (QED) is 0.174. The van der Waals surface area contributed by atoms with Crippen LogP contribution >= 0.6 is 0 Å². The molecule has 45 heavy (non-hydrogen) atoms. The number of carbonyl (C=O) groups excluding carboxylic acids is 2. The topological polar surface area (TPSA) is 114 Å². The second-order valence-electron chi connectivity index (χ2n) is 10.7. The summed E-state index contributed by atoms with van der Waals surface area (Å²) in [6.45, 7) is 1.92. The van der Waals surface area contributed by atoms with Crippen LogP contribution in [0.2, 0.25) is 0 Å². The van der Waals surface area contributed by atoms with Gasteiger partial charge in [-0.1, -0.05) is 12.1 Å². The van der Waals surface area contributed by atoms with Crippen LogP contribution in [0.15, 0.2) is 66.9 Å². The van der Waals surface area contributed by atoms with E-state index in [1.807, 2.05) is 30.3 Å². The number of amides is 1. The predicted molar refractivity (Wildman–Crippen MR) is 169 cm³/mol. The predicted octanol–water partition coefficient (Wildman–Crippen LogP) is 6.28. The Bertz CT molecular complexity index is 1630. The first kappa shape index (κ1) is 31.4. The molecule has 1 fully saturated rings. The van der Waals surface area contributed by atoms with Gasteiger partial charge >= 0.3 is 5.97 Å². The lowest BCUT2D eigenvalue weighted by Gasteiger charge is -2.19. The van der Waals surface area contributed by atoms with Gasteiger partial charge in [-0.25, -0.2) is 9.78 Å². The Morgan fingerprint density at radius 2 is 1.58 bits per heavy atom. The molecule has 3 aromatic carbocycles. The van der Waals surface area contributed by atoms with Gasteiger partial charge in [-0.3, -0.25) is 4.79 Å². The molecule has 1 heterocycles. The van der Waals surface area contributed by atoms with Crippen molar-refractivity contribution in [3.8, 4) is 34.6 Å². The fourth-order valence-corrected chi connectivity index (χ4v) is 5.37. The molecule has 0 spiro atoms. The molecule has 10 nitrogen and oxygen atoms in total. The number of rotatable bonds is 13. The number of aromatic nitrogens is 1. The molecule has 10 heteroatoms. The number of esters is 1. The first-order valence-corrected chi connectivity index (χ1v) is 15.0. The van der Waals surface area contributed by atoms with Crippen molar-refractivity contribution in [1.82, 2.24) is 10.3 Å². The number of carbonyl (C=O) groups is 2. The number of ether oxygens (including phenoxy) is 6. The lowest BCUT2D eigenvalue weighted by molar-refractivity contribution is -0.145. The number of nitrogens with zero attached hydrogens (tertiary/aromatic N) is 1. The van der Waals surface area contributed by atoms with Gasteiger partial charge < -0.3 is 33.7 Å². The van der Waals surface area contributed by atoms with Gasteiger partial charge in [0.1, 0.15) is 11.8 Å². The Morgan fingerprint density at radius 1 is 0.867 bits per heavy atom. The number of hydrogen-bond acceptors (Lipinski definition) is 9. The molecule has 1 saturated carbocycles. The monoisotopic (exact) mass is 614 g/mol. The van der Waals surface area contributed by atoms with Gasteiger partial charge in [-0.05, 0) is 92.1 Å². The zero-order valence-corrected chi connectivity index (χ0v) is 26.0. The lowest BCUT2D eigenvalue weighted by Crippen LogP contribution is -2.43. The van der Waals surface area contributed by atoms with Crippen molar-refractivity contribution in [3.05, 3.63) is 78.0 Å². The van der Waals surface area contributed by atoms with Crippen LogP contribution in [-0.2, 0) is 16.0 Å². The molecule has 1 N–H and O–H groups in total. The van der Waals surface area contributed by atoms with Crippen molar-refractivity contribution >= 4 is 22.6 Å². The van der Waals surface area contributed by atoms with Gasteiger partial charge in [0.2, 0.25) is 5.88 Å². The average Bonchev–Trinajstić information content (AvgIpc) is 3.58. The van der Waals surface area contributed by atoms with E-state index < -0.39 is 17.9 Å². The van der Waals surface area contributed by atoms with Gasteiger partial charge in [0.25, 0.3) is 5.91 Å². The molecule has 236 valence electrons. The molecule has 1 aromatic heterocycles. The number of methoxy groups -OCH3 is 3. The highest BCUT2D eigenvalue weighted by atomic mass is 16.5. The maximum absolute atomic E-state index is 13.3. The molecule has 1 aliphatic carbocycles. The first-order chi connectivity index (χ1) is 21.9. The second-order valence-corrected chi connectivity index (χ2v) is 10.7. The van der Waals surface area contributed by atoms with Gasteiger partial charge in [-0.2, -0.15) is 0 Å². The first-order valence-electron chi connectivity index (χ1n) is 15.0. The second kappa shape index (κ2) is 14.7. The van der Waals surface area contributed by atoms with E-state index in [2.05, 4.69) is 10.3 Å². The average molecular weight is 615 g/mol. The Kier molecular flexibility index (Phi) is 10.2. The molecular formula is C35H38N2O8. The van der Waals surface area contributed by atoms with E-state index in [9.17, 15) is 9.59 Å². The van der Waals surface area contributed by atoms with Gasteiger partial charge in [-0.15, -0.1) is 0 Å². The van der Waals surface area contributed by atoms with E-state index in [1.165, 1.54) is 0 Å². The van der Waals surface area contributed by atoms with Crippen molar-refractivity contribution in [2.75, 3.05) is 27.9 Å². The molecule has 0 aliphatic heterocycles.